The molecule has 1 N–H and O–H groups in total. The van der Waals surface area contributed by atoms with Crippen LogP contribution in [-0.4, -0.2) is 11.2 Å². The molecule has 1 unspecified atom stereocenters. The average molecular weight is 324 g/mol. The third-order valence-electron chi connectivity index (χ3n) is 3.93. The lowest BCUT2D eigenvalue weighted by Crippen LogP contribution is -2.10. The van der Waals surface area contributed by atoms with Crippen LogP contribution in [0.25, 0.3) is 11.1 Å². The number of halogens is 3. The first-order valence-corrected chi connectivity index (χ1v) is 8.16. The lowest BCUT2D eigenvalue weighted by molar-refractivity contribution is -0.137. The molecule has 0 radical (unpaired) electrons. The van der Waals surface area contributed by atoms with Crippen LogP contribution in [0.5, 0.6) is 0 Å². The van der Waals surface area contributed by atoms with Crippen molar-refractivity contribution >= 4 is 11.9 Å². The van der Waals surface area contributed by atoms with E-state index in [9.17, 15) is 13.2 Å². The van der Waals surface area contributed by atoms with Gasteiger partial charge in [0.05, 0.1) is 5.56 Å². The Morgan fingerprint density at radius 2 is 1.91 bits per heavy atom. The molecule has 1 aliphatic carbocycles. The van der Waals surface area contributed by atoms with Crippen LogP contribution >= 0.6 is 11.9 Å². The van der Waals surface area contributed by atoms with E-state index in [0.717, 1.165) is 41.7 Å². The number of hydrogen-bond donors (Lipinski definition) is 1. The van der Waals surface area contributed by atoms with Gasteiger partial charge in [-0.25, -0.2) is 0 Å². The van der Waals surface area contributed by atoms with Crippen LogP contribution in [0.1, 0.15) is 29.2 Å². The average Bonchev–Trinajstić information content (AvgIpc) is 2.90. The van der Waals surface area contributed by atoms with Crippen LogP contribution in [0.15, 0.2) is 36.7 Å². The molecular formula is C16H15F3N2S. The van der Waals surface area contributed by atoms with E-state index in [2.05, 4.69) is 9.71 Å². The summed E-state index contributed by atoms with van der Waals surface area (Å²) in [6.07, 6.45) is 3.16. The molecule has 3 rings (SSSR count). The molecular weight excluding hydrogens is 309 g/mol. The van der Waals surface area contributed by atoms with Gasteiger partial charge >= 0.3 is 6.18 Å². The van der Waals surface area contributed by atoms with Gasteiger partial charge in [-0.15, -0.1) is 0 Å². The monoisotopic (exact) mass is 324 g/mol. The molecule has 1 aliphatic rings. The molecule has 0 aliphatic heterocycles. The summed E-state index contributed by atoms with van der Waals surface area (Å²) < 4.78 is 41.3. The molecule has 2 aromatic rings. The SMILES string of the molecule is CSNC1CCc2c(-c3ccc(C(F)(F)F)cc3)cncc21. The third-order valence-corrected chi connectivity index (χ3v) is 4.45. The van der Waals surface area contributed by atoms with Crippen molar-refractivity contribution in [3.63, 3.8) is 0 Å². The zero-order valence-corrected chi connectivity index (χ0v) is 12.8. The molecule has 1 aromatic carbocycles. The summed E-state index contributed by atoms with van der Waals surface area (Å²) >= 11 is 1.57. The molecule has 1 aromatic heterocycles. The Balaban J connectivity index is 1.97. The number of nitrogens with zero attached hydrogens (tertiary/aromatic N) is 1. The molecule has 0 amide bonds. The highest BCUT2D eigenvalue weighted by atomic mass is 32.2. The lowest BCUT2D eigenvalue weighted by Gasteiger charge is -2.13. The summed E-state index contributed by atoms with van der Waals surface area (Å²) in [7, 11) is 0. The Labute approximate surface area is 131 Å². The van der Waals surface area contributed by atoms with Crippen molar-refractivity contribution < 1.29 is 13.2 Å². The molecule has 0 bridgehead atoms. The largest absolute Gasteiger partial charge is 0.416 e. The predicted molar refractivity (Wildman–Crippen MR) is 82.4 cm³/mol. The van der Waals surface area contributed by atoms with Gasteiger partial charge in [-0.1, -0.05) is 24.1 Å². The standard InChI is InChI=1S/C16H15F3N2S/c1-22-21-15-7-6-12-13(8-20-9-14(12)15)10-2-4-11(5-3-10)16(17,18)19/h2-5,8-9,15,21H,6-7H2,1H3. The molecule has 0 saturated heterocycles. The summed E-state index contributed by atoms with van der Waals surface area (Å²) in [5, 5.41) is 0. The fourth-order valence-electron chi connectivity index (χ4n) is 2.88. The van der Waals surface area contributed by atoms with Crippen molar-refractivity contribution in [2.45, 2.75) is 25.1 Å². The van der Waals surface area contributed by atoms with Crippen molar-refractivity contribution in [2.24, 2.45) is 0 Å². The second-order valence-electron chi connectivity index (χ2n) is 5.24. The van der Waals surface area contributed by atoms with E-state index < -0.39 is 11.7 Å². The fraction of sp³-hybridized carbons (Fsp3) is 0.312. The predicted octanol–water partition coefficient (Wildman–Crippen LogP) is 4.62. The van der Waals surface area contributed by atoms with E-state index >= 15 is 0 Å². The van der Waals surface area contributed by atoms with Gasteiger partial charge in [0.2, 0.25) is 0 Å². The Morgan fingerprint density at radius 3 is 2.55 bits per heavy atom. The first kappa shape index (κ1) is 15.4. The van der Waals surface area contributed by atoms with Crippen molar-refractivity contribution in [3.8, 4) is 11.1 Å². The second kappa shape index (κ2) is 5.93. The van der Waals surface area contributed by atoms with Crippen LogP contribution in [0.3, 0.4) is 0 Å². The number of rotatable bonds is 3. The minimum atomic E-state index is -4.30. The van der Waals surface area contributed by atoms with Gasteiger partial charge in [-0.05, 0) is 47.9 Å². The maximum Gasteiger partial charge on any atom is 0.416 e. The van der Waals surface area contributed by atoms with Gasteiger partial charge in [0.1, 0.15) is 0 Å². The summed E-state index contributed by atoms with van der Waals surface area (Å²) in [6, 6.07) is 5.56. The summed E-state index contributed by atoms with van der Waals surface area (Å²) in [6.45, 7) is 0. The minimum Gasteiger partial charge on any atom is -0.264 e. The Bertz CT molecular complexity index is 668. The molecule has 0 saturated carbocycles. The van der Waals surface area contributed by atoms with Crippen LogP contribution in [-0.2, 0) is 12.6 Å². The van der Waals surface area contributed by atoms with E-state index in [-0.39, 0.29) is 6.04 Å². The normalized spacial score (nSPS) is 17.5. The maximum absolute atomic E-state index is 12.7. The highest BCUT2D eigenvalue weighted by Gasteiger charge is 2.30. The molecule has 1 heterocycles. The highest BCUT2D eigenvalue weighted by molar-refractivity contribution is 7.96. The zero-order valence-electron chi connectivity index (χ0n) is 11.9. The summed E-state index contributed by atoms with van der Waals surface area (Å²) in [4.78, 5) is 4.26. The first-order chi connectivity index (χ1) is 10.5. The number of benzene rings is 1. The van der Waals surface area contributed by atoms with E-state index in [0.29, 0.717) is 0 Å². The van der Waals surface area contributed by atoms with E-state index in [1.54, 1.807) is 18.1 Å². The Morgan fingerprint density at radius 1 is 1.18 bits per heavy atom. The van der Waals surface area contributed by atoms with Crippen LogP contribution in [0.4, 0.5) is 13.2 Å². The first-order valence-electron chi connectivity index (χ1n) is 6.93. The highest BCUT2D eigenvalue weighted by Crippen LogP contribution is 2.38. The molecule has 116 valence electrons. The fourth-order valence-corrected chi connectivity index (χ4v) is 3.41. The van der Waals surface area contributed by atoms with Gasteiger partial charge in [-0.3, -0.25) is 9.71 Å². The lowest BCUT2D eigenvalue weighted by atomic mass is 9.98. The molecule has 0 spiro atoms. The summed E-state index contributed by atoms with van der Waals surface area (Å²) in [5.41, 5.74) is 3.41. The number of pyridine rings is 1. The van der Waals surface area contributed by atoms with Crippen molar-refractivity contribution in [3.05, 3.63) is 53.3 Å². The number of nitrogens with one attached hydrogen (secondary N) is 1. The van der Waals surface area contributed by atoms with E-state index in [1.807, 2.05) is 12.5 Å². The molecule has 0 fully saturated rings. The molecule has 6 heteroatoms. The quantitative estimate of drug-likeness (QED) is 0.834. The van der Waals surface area contributed by atoms with Gasteiger partial charge in [0.25, 0.3) is 0 Å². The zero-order chi connectivity index (χ0) is 15.7. The molecule has 1 atom stereocenters. The van der Waals surface area contributed by atoms with Crippen LogP contribution < -0.4 is 4.72 Å². The van der Waals surface area contributed by atoms with Gasteiger partial charge in [0.15, 0.2) is 0 Å². The second-order valence-corrected chi connectivity index (χ2v) is 5.89. The number of aromatic nitrogens is 1. The Kier molecular flexibility index (Phi) is 4.14. The third kappa shape index (κ3) is 2.85. The van der Waals surface area contributed by atoms with Gasteiger partial charge < -0.3 is 0 Å². The maximum atomic E-state index is 12.7. The molecule has 2 nitrogen and oxygen atoms in total. The van der Waals surface area contributed by atoms with Crippen LogP contribution in [0, 0.1) is 0 Å². The van der Waals surface area contributed by atoms with Crippen molar-refractivity contribution in [2.75, 3.05) is 6.26 Å². The molecule has 22 heavy (non-hydrogen) atoms. The summed E-state index contributed by atoms with van der Waals surface area (Å²) in [5.74, 6) is 0. The van der Waals surface area contributed by atoms with Gasteiger partial charge in [-0.2, -0.15) is 13.2 Å². The smallest absolute Gasteiger partial charge is 0.264 e. The minimum absolute atomic E-state index is 0.256. The number of alkyl halides is 3. The number of hydrogen-bond acceptors (Lipinski definition) is 3. The van der Waals surface area contributed by atoms with Gasteiger partial charge in [0, 0.05) is 24.0 Å². The van der Waals surface area contributed by atoms with Crippen molar-refractivity contribution in [1.29, 1.82) is 0 Å². The van der Waals surface area contributed by atoms with E-state index in [1.165, 1.54) is 17.7 Å². The van der Waals surface area contributed by atoms with Crippen LogP contribution in [0.2, 0.25) is 0 Å². The number of fused-ring (bicyclic) bond motifs is 1. The van der Waals surface area contributed by atoms with E-state index in [4.69, 9.17) is 0 Å². The Hall–Kier alpha value is -1.53. The van der Waals surface area contributed by atoms with Crippen molar-refractivity contribution in [1.82, 2.24) is 9.71 Å². The topological polar surface area (TPSA) is 24.9 Å².